The zero-order valence-electron chi connectivity index (χ0n) is 10.4. The fraction of sp³-hybridized carbons (Fsp3) is 0.364. The van der Waals surface area contributed by atoms with Gasteiger partial charge in [0.15, 0.2) is 0 Å². The molecule has 0 saturated carbocycles. The number of carbonyl (C=O) groups is 1. The highest BCUT2D eigenvalue weighted by atomic mass is 19.1. The first kappa shape index (κ1) is 15.9. The van der Waals surface area contributed by atoms with E-state index in [9.17, 15) is 23.7 Å². The fourth-order valence-corrected chi connectivity index (χ4v) is 1.36. The van der Waals surface area contributed by atoms with Crippen molar-refractivity contribution in [1.82, 2.24) is 5.32 Å². The third kappa shape index (κ3) is 3.06. The van der Waals surface area contributed by atoms with E-state index in [0.29, 0.717) is 12.1 Å². The van der Waals surface area contributed by atoms with Crippen LogP contribution in [0, 0.1) is 21.7 Å². The van der Waals surface area contributed by atoms with Crippen molar-refractivity contribution in [2.45, 2.75) is 12.5 Å². The molecule has 0 bridgehead atoms. The number of nitro benzene ring substituents is 1. The Balaban J connectivity index is 3.23. The number of rotatable bonds is 5. The van der Waals surface area contributed by atoms with Gasteiger partial charge < -0.3 is 15.5 Å². The summed E-state index contributed by atoms with van der Waals surface area (Å²) in [7, 11) is 0. The molecule has 0 fully saturated rings. The van der Waals surface area contributed by atoms with Gasteiger partial charge in [-0.1, -0.05) is 0 Å². The first-order chi connectivity index (χ1) is 9.25. The Hall–Kier alpha value is -2.13. The predicted octanol–water partition coefficient (Wildman–Crippen LogP) is 0.346. The van der Waals surface area contributed by atoms with Crippen molar-refractivity contribution < 1.29 is 28.7 Å². The minimum atomic E-state index is -1.62. The average molecular weight is 290 g/mol. The van der Waals surface area contributed by atoms with Gasteiger partial charge in [-0.3, -0.25) is 14.9 Å². The molecule has 110 valence electrons. The van der Waals surface area contributed by atoms with Gasteiger partial charge in [0, 0.05) is 6.07 Å². The first-order valence-corrected chi connectivity index (χ1v) is 5.42. The minimum Gasteiger partial charge on any atom is -0.394 e. The Morgan fingerprint density at radius 1 is 1.40 bits per heavy atom. The second-order valence-corrected chi connectivity index (χ2v) is 4.34. The third-order valence-electron chi connectivity index (χ3n) is 2.61. The normalized spacial score (nSPS) is 11.2. The molecule has 0 heterocycles. The summed E-state index contributed by atoms with van der Waals surface area (Å²) in [6.45, 7) is -0.140. The largest absolute Gasteiger partial charge is 0.394 e. The van der Waals surface area contributed by atoms with Crippen LogP contribution in [0.15, 0.2) is 12.1 Å². The lowest BCUT2D eigenvalue weighted by atomic mass is 10.0. The second kappa shape index (κ2) is 5.88. The lowest BCUT2D eigenvalue weighted by Crippen LogP contribution is -2.52. The van der Waals surface area contributed by atoms with Gasteiger partial charge in [-0.15, -0.1) is 0 Å². The maximum Gasteiger partial charge on any atom is 0.305 e. The van der Waals surface area contributed by atoms with Crippen LogP contribution >= 0.6 is 0 Å². The Morgan fingerprint density at radius 3 is 2.40 bits per heavy atom. The van der Waals surface area contributed by atoms with Gasteiger partial charge in [0.05, 0.1) is 23.7 Å². The van der Waals surface area contributed by atoms with E-state index in [1.807, 2.05) is 5.32 Å². The van der Waals surface area contributed by atoms with E-state index in [2.05, 4.69) is 0 Å². The van der Waals surface area contributed by atoms with Crippen molar-refractivity contribution in [2.75, 3.05) is 13.2 Å². The van der Waals surface area contributed by atoms with E-state index in [0.717, 1.165) is 0 Å². The molecule has 0 unspecified atom stereocenters. The van der Waals surface area contributed by atoms with Gasteiger partial charge in [0.1, 0.15) is 11.4 Å². The number of aliphatic hydroxyl groups excluding tert-OH is 2. The summed E-state index contributed by atoms with van der Waals surface area (Å²) < 4.78 is 27.2. The number of nitro groups is 1. The van der Waals surface area contributed by atoms with Crippen LogP contribution in [-0.4, -0.2) is 39.8 Å². The van der Waals surface area contributed by atoms with Gasteiger partial charge in [-0.25, -0.2) is 4.39 Å². The van der Waals surface area contributed by atoms with Gasteiger partial charge >= 0.3 is 5.69 Å². The van der Waals surface area contributed by atoms with Crippen molar-refractivity contribution in [3.8, 4) is 0 Å². The van der Waals surface area contributed by atoms with Crippen molar-refractivity contribution in [2.24, 2.45) is 0 Å². The molecule has 1 aromatic carbocycles. The van der Waals surface area contributed by atoms with Crippen molar-refractivity contribution in [3.05, 3.63) is 39.4 Å². The maximum atomic E-state index is 13.8. The summed E-state index contributed by atoms with van der Waals surface area (Å²) in [6, 6.07) is 1.18. The first-order valence-electron chi connectivity index (χ1n) is 5.42. The molecule has 1 aromatic rings. The molecule has 0 aliphatic rings. The molecule has 7 nitrogen and oxygen atoms in total. The third-order valence-corrected chi connectivity index (χ3v) is 2.61. The van der Waals surface area contributed by atoms with Crippen LogP contribution in [0.3, 0.4) is 0 Å². The van der Waals surface area contributed by atoms with E-state index < -0.39 is 52.5 Å². The highest BCUT2D eigenvalue weighted by Crippen LogP contribution is 2.23. The lowest BCUT2D eigenvalue weighted by molar-refractivity contribution is -0.387. The number of nitrogens with one attached hydrogen (secondary N) is 1. The van der Waals surface area contributed by atoms with E-state index in [1.54, 1.807) is 0 Å². The zero-order valence-corrected chi connectivity index (χ0v) is 10.4. The summed E-state index contributed by atoms with van der Waals surface area (Å²) in [5.41, 5.74) is -3.71. The molecule has 3 N–H and O–H groups in total. The summed E-state index contributed by atoms with van der Waals surface area (Å²) in [4.78, 5) is 21.2. The van der Waals surface area contributed by atoms with Crippen molar-refractivity contribution >= 4 is 11.6 Å². The Bertz CT molecular complexity index is 546. The molecule has 9 heteroatoms. The van der Waals surface area contributed by atoms with Crippen LogP contribution in [0.2, 0.25) is 0 Å². The number of nitrogens with zero attached hydrogens (tertiary/aromatic N) is 1. The van der Waals surface area contributed by atoms with Gasteiger partial charge in [0.2, 0.25) is 5.82 Å². The van der Waals surface area contributed by atoms with E-state index in [1.165, 1.54) is 6.92 Å². The number of benzene rings is 1. The van der Waals surface area contributed by atoms with Crippen LogP contribution in [0.1, 0.15) is 17.3 Å². The molecule has 0 aliphatic carbocycles. The number of carbonyl (C=O) groups excluding carboxylic acids is 1. The van der Waals surface area contributed by atoms with Crippen molar-refractivity contribution in [3.63, 3.8) is 0 Å². The minimum absolute atomic E-state index is 0.589. The average Bonchev–Trinajstić information content (AvgIpc) is 2.38. The van der Waals surface area contributed by atoms with Crippen LogP contribution in [0.4, 0.5) is 14.5 Å². The summed E-state index contributed by atoms with van der Waals surface area (Å²) >= 11 is 0. The molecule has 0 radical (unpaired) electrons. The molecule has 0 atom stereocenters. The van der Waals surface area contributed by atoms with Crippen molar-refractivity contribution in [1.29, 1.82) is 0 Å². The zero-order chi connectivity index (χ0) is 15.5. The van der Waals surface area contributed by atoms with Crippen LogP contribution in [-0.2, 0) is 0 Å². The number of amides is 1. The van der Waals surface area contributed by atoms with Crippen LogP contribution in [0.5, 0.6) is 0 Å². The van der Waals surface area contributed by atoms with E-state index >= 15 is 0 Å². The monoisotopic (exact) mass is 290 g/mol. The number of halogens is 2. The highest BCUT2D eigenvalue weighted by Gasteiger charge is 2.31. The summed E-state index contributed by atoms with van der Waals surface area (Å²) in [5.74, 6) is -4.22. The number of hydrogen-bond donors (Lipinski definition) is 3. The standard InChI is InChI=1S/C11H12F2N2O5/c1-11(4-16,5-17)14-10(18)8-6(12)2-3-7(9(8)13)15(19)20/h2-3,16-17H,4-5H2,1H3,(H,14,18). The maximum absolute atomic E-state index is 13.8. The SMILES string of the molecule is CC(CO)(CO)NC(=O)c1c(F)ccc([N+](=O)[O-])c1F. The molecule has 0 aliphatic heterocycles. The van der Waals surface area contributed by atoms with E-state index in [4.69, 9.17) is 10.2 Å². The van der Waals surface area contributed by atoms with Crippen LogP contribution < -0.4 is 5.32 Å². The Labute approximate surface area is 112 Å². The molecular weight excluding hydrogens is 278 g/mol. The lowest BCUT2D eigenvalue weighted by Gasteiger charge is -2.26. The predicted molar refractivity (Wildman–Crippen MR) is 63.1 cm³/mol. The van der Waals surface area contributed by atoms with Gasteiger partial charge in [0.25, 0.3) is 5.91 Å². The summed E-state index contributed by atoms with van der Waals surface area (Å²) in [5, 5.41) is 30.5. The smallest absolute Gasteiger partial charge is 0.305 e. The fourth-order valence-electron chi connectivity index (χ4n) is 1.36. The molecule has 0 saturated heterocycles. The Morgan fingerprint density at radius 2 is 1.95 bits per heavy atom. The van der Waals surface area contributed by atoms with E-state index in [-0.39, 0.29) is 0 Å². The topological polar surface area (TPSA) is 113 Å². The molecule has 20 heavy (non-hydrogen) atoms. The summed E-state index contributed by atoms with van der Waals surface area (Å²) in [6.07, 6.45) is 0. The molecule has 0 spiro atoms. The molecular formula is C11H12F2N2O5. The second-order valence-electron chi connectivity index (χ2n) is 4.34. The Kier molecular flexibility index (Phi) is 4.69. The molecule has 1 amide bonds. The molecule has 0 aromatic heterocycles. The highest BCUT2D eigenvalue weighted by molar-refractivity contribution is 5.96. The number of aliphatic hydroxyl groups is 2. The molecule has 1 rings (SSSR count). The van der Waals surface area contributed by atoms with Crippen LogP contribution in [0.25, 0.3) is 0 Å². The number of hydrogen-bond acceptors (Lipinski definition) is 5. The van der Waals surface area contributed by atoms with Gasteiger partial charge in [-0.2, -0.15) is 4.39 Å². The van der Waals surface area contributed by atoms with Gasteiger partial charge in [-0.05, 0) is 13.0 Å². The quantitative estimate of drug-likeness (QED) is 0.535.